The fourth-order valence-corrected chi connectivity index (χ4v) is 1.68. The third kappa shape index (κ3) is 3.66. The summed E-state index contributed by atoms with van der Waals surface area (Å²) in [4.78, 5) is 0. The lowest BCUT2D eigenvalue weighted by Gasteiger charge is -2.10. The van der Waals surface area contributed by atoms with E-state index in [0.29, 0.717) is 17.1 Å². The molecule has 0 amide bonds. The number of hydrogen-bond donors (Lipinski definition) is 0. The maximum absolute atomic E-state index is 12.6. The fraction of sp³-hybridized carbons (Fsp3) is 0.200. The fourth-order valence-electron chi connectivity index (χ4n) is 1.68. The Morgan fingerprint density at radius 1 is 0.950 bits per heavy atom. The van der Waals surface area contributed by atoms with Gasteiger partial charge in [0.15, 0.2) is 0 Å². The van der Waals surface area contributed by atoms with Gasteiger partial charge in [0.05, 0.1) is 12.7 Å². The summed E-state index contributed by atoms with van der Waals surface area (Å²) in [7, 11) is 1.55. The van der Waals surface area contributed by atoms with Crippen LogP contribution in [0.3, 0.4) is 0 Å². The Kier molecular flexibility index (Phi) is 4.17. The van der Waals surface area contributed by atoms with Crippen LogP contribution in [-0.2, 0) is 12.8 Å². The highest BCUT2D eigenvalue weighted by atomic mass is 19.4. The molecule has 20 heavy (non-hydrogen) atoms. The van der Waals surface area contributed by atoms with E-state index in [1.165, 1.54) is 6.07 Å². The molecule has 0 aliphatic carbocycles. The predicted molar refractivity (Wildman–Crippen MR) is 68.8 cm³/mol. The molecule has 2 nitrogen and oxygen atoms in total. The highest BCUT2D eigenvalue weighted by Crippen LogP contribution is 2.29. The van der Waals surface area contributed by atoms with Gasteiger partial charge in [-0.1, -0.05) is 12.1 Å². The van der Waals surface area contributed by atoms with Crippen molar-refractivity contribution >= 4 is 0 Å². The van der Waals surface area contributed by atoms with Crippen LogP contribution in [0, 0.1) is 0 Å². The first-order chi connectivity index (χ1) is 9.49. The standard InChI is InChI=1S/C15H13F3O2/c1-19-13-5-7-14(8-6-13)20-10-11-3-2-4-12(9-11)15(16,17)18/h2-9H,10H2,1H3. The minimum atomic E-state index is -4.34. The summed E-state index contributed by atoms with van der Waals surface area (Å²) >= 11 is 0. The van der Waals surface area contributed by atoms with Crippen molar-refractivity contribution in [3.8, 4) is 11.5 Å². The molecule has 0 bridgehead atoms. The number of ether oxygens (including phenoxy) is 2. The quantitative estimate of drug-likeness (QED) is 0.832. The first-order valence-electron chi connectivity index (χ1n) is 5.92. The molecule has 106 valence electrons. The van der Waals surface area contributed by atoms with Crippen molar-refractivity contribution in [3.63, 3.8) is 0 Å². The first-order valence-corrected chi connectivity index (χ1v) is 5.92. The summed E-state index contributed by atoms with van der Waals surface area (Å²) in [6, 6.07) is 11.9. The van der Waals surface area contributed by atoms with Crippen LogP contribution in [0.15, 0.2) is 48.5 Å². The topological polar surface area (TPSA) is 18.5 Å². The van der Waals surface area contributed by atoms with Gasteiger partial charge in [-0.25, -0.2) is 0 Å². The number of alkyl halides is 3. The van der Waals surface area contributed by atoms with Gasteiger partial charge in [0.2, 0.25) is 0 Å². The average molecular weight is 282 g/mol. The second-order valence-corrected chi connectivity index (χ2v) is 4.16. The SMILES string of the molecule is COc1ccc(OCc2cccc(C(F)(F)F)c2)cc1. The van der Waals surface area contributed by atoms with Gasteiger partial charge in [-0.05, 0) is 42.0 Å². The molecule has 0 atom stereocenters. The second kappa shape index (κ2) is 5.86. The molecule has 2 aromatic carbocycles. The van der Waals surface area contributed by atoms with Crippen LogP contribution in [0.1, 0.15) is 11.1 Å². The van der Waals surface area contributed by atoms with E-state index >= 15 is 0 Å². The average Bonchev–Trinajstić information content (AvgIpc) is 2.45. The molecule has 0 aliphatic heterocycles. The molecule has 0 radical (unpaired) electrons. The molecular formula is C15H13F3O2. The molecule has 0 aliphatic rings. The summed E-state index contributed by atoms with van der Waals surface area (Å²) < 4.78 is 48.1. The zero-order chi connectivity index (χ0) is 14.6. The van der Waals surface area contributed by atoms with E-state index in [9.17, 15) is 13.2 Å². The van der Waals surface area contributed by atoms with Crippen molar-refractivity contribution < 1.29 is 22.6 Å². The van der Waals surface area contributed by atoms with Crippen molar-refractivity contribution in [3.05, 3.63) is 59.7 Å². The lowest BCUT2D eigenvalue weighted by Crippen LogP contribution is -2.06. The smallest absolute Gasteiger partial charge is 0.416 e. The first kappa shape index (κ1) is 14.2. The number of hydrogen-bond acceptors (Lipinski definition) is 2. The van der Waals surface area contributed by atoms with Gasteiger partial charge >= 0.3 is 6.18 Å². The molecule has 2 rings (SSSR count). The number of benzene rings is 2. The zero-order valence-corrected chi connectivity index (χ0v) is 10.8. The summed E-state index contributed by atoms with van der Waals surface area (Å²) in [5.41, 5.74) is -0.205. The number of halogens is 3. The Morgan fingerprint density at radius 3 is 2.20 bits per heavy atom. The Morgan fingerprint density at radius 2 is 1.60 bits per heavy atom. The van der Waals surface area contributed by atoms with Gasteiger partial charge in [-0.2, -0.15) is 13.2 Å². The second-order valence-electron chi connectivity index (χ2n) is 4.16. The lowest BCUT2D eigenvalue weighted by atomic mass is 10.1. The summed E-state index contributed by atoms with van der Waals surface area (Å²) in [5.74, 6) is 1.26. The van der Waals surface area contributed by atoms with Crippen LogP contribution >= 0.6 is 0 Å². The van der Waals surface area contributed by atoms with Gasteiger partial charge in [0.1, 0.15) is 18.1 Å². The highest BCUT2D eigenvalue weighted by Gasteiger charge is 2.30. The molecule has 0 spiro atoms. The molecule has 0 unspecified atom stereocenters. The Balaban J connectivity index is 2.03. The molecule has 0 saturated carbocycles. The molecular weight excluding hydrogens is 269 g/mol. The Labute approximate surface area is 114 Å². The minimum Gasteiger partial charge on any atom is -0.497 e. The van der Waals surface area contributed by atoms with Gasteiger partial charge in [-0.3, -0.25) is 0 Å². The van der Waals surface area contributed by atoms with Crippen LogP contribution in [-0.4, -0.2) is 7.11 Å². The maximum Gasteiger partial charge on any atom is 0.416 e. The molecule has 0 heterocycles. The van der Waals surface area contributed by atoms with Crippen LogP contribution in [0.5, 0.6) is 11.5 Å². The normalized spacial score (nSPS) is 11.2. The van der Waals surface area contributed by atoms with E-state index in [0.717, 1.165) is 12.1 Å². The Hall–Kier alpha value is -2.17. The predicted octanol–water partition coefficient (Wildman–Crippen LogP) is 4.29. The van der Waals surface area contributed by atoms with Crippen molar-refractivity contribution in [1.29, 1.82) is 0 Å². The molecule has 2 aromatic rings. The third-order valence-corrected chi connectivity index (χ3v) is 2.72. The van der Waals surface area contributed by atoms with Gasteiger partial charge in [0.25, 0.3) is 0 Å². The van der Waals surface area contributed by atoms with E-state index in [1.54, 1.807) is 37.4 Å². The lowest BCUT2D eigenvalue weighted by molar-refractivity contribution is -0.137. The molecule has 0 fully saturated rings. The molecule has 0 saturated heterocycles. The van der Waals surface area contributed by atoms with Crippen LogP contribution in [0.4, 0.5) is 13.2 Å². The van der Waals surface area contributed by atoms with Gasteiger partial charge in [-0.15, -0.1) is 0 Å². The molecule has 0 aromatic heterocycles. The number of methoxy groups -OCH3 is 1. The minimum absolute atomic E-state index is 0.0796. The van der Waals surface area contributed by atoms with Crippen molar-refractivity contribution in [1.82, 2.24) is 0 Å². The summed E-state index contributed by atoms with van der Waals surface area (Å²) in [5, 5.41) is 0. The Bertz CT molecular complexity index is 562. The van der Waals surface area contributed by atoms with E-state index in [-0.39, 0.29) is 6.61 Å². The van der Waals surface area contributed by atoms with Crippen molar-refractivity contribution in [2.45, 2.75) is 12.8 Å². The molecule has 0 N–H and O–H groups in total. The van der Waals surface area contributed by atoms with Crippen molar-refractivity contribution in [2.75, 3.05) is 7.11 Å². The van der Waals surface area contributed by atoms with E-state index in [1.807, 2.05) is 0 Å². The monoisotopic (exact) mass is 282 g/mol. The highest BCUT2D eigenvalue weighted by molar-refractivity contribution is 5.32. The van der Waals surface area contributed by atoms with Gasteiger partial charge < -0.3 is 9.47 Å². The van der Waals surface area contributed by atoms with Crippen LogP contribution < -0.4 is 9.47 Å². The largest absolute Gasteiger partial charge is 0.497 e. The van der Waals surface area contributed by atoms with Gasteiger partial charge in [0, 0.05) is 0 Å². The van der Waals surface area contributed by atoms with E-state index in [4.69, 9.17) is 9.47 Å². The molecule has 5 heteroatoms. The van der Waals surface area contributed by atoms with Crippen LogP contribution in [0.2, 0.25) is 0 Å². The van der Waals surface area contributed by atoms with Crippen LogP contribution in [0.25, 0.3) is 0 Å². The van der Waals surface area contributed by atoms with E-state index < -0.39 is 11.7 Å². The van der Waals surface area contributed by atoms with E-state index in [2.05, 4.69) is 0 Å². The summed E-state index contributed by atoms with van der Waals surface area (Å²) in [6.45, 7) is 0.0796. The number of rotatable bonds is 4. The maximum atomic E-state index is 12.6. The van der Waals surface area contributed by atoms with Crippen molar-refractivity contribution in [2.24, 2.45) is 0 Å². The third-order valence-electron chi connectivity index (χ3n) is 2.72. The summed E-state index contributed by atoms with van der Waals surface area (Å²) in [6.07, 6.45) is -4.34. The zero-order valence-electron chi connectivity index (χ0n) is 10.8.